The van der Waals surface area contributed by atoms with E-state index in [-0.39, 0.29) is 24.9 Å². The third kappa shape index (κ3) is 3.03. The molecule has 0 fully saturated rings. The number of rotatable bonds is 5. The molecule has 1 atom stereocenters. The van der Waals surface area contributed by atoms with Crippen molar-refractivity contribution < 1.29 is 19.1 Å². The summed E-state index contributed by atoms with van der Waals surface area (Å²) in [6.45, 7) is 1.88. The number of nitrogens with one attached hydrogen (secondary N) is 1. The Balaban J connectivity index is 2.28. The average Bonchev–Trinajstić information content (AvgIpc) is 2.75. The van der Waals surface area contributed by atoms with Crippen LogP contribution in [-0.4, -0.2) is 37.4 Å². The monoisotopic (exact) mass is 341 g/mol. The van der Waals surface area contributed by atoms with Crippen LogP contribution in [0.25, 0.3) is 11.0 Å². The summed E-state index contributed by atoms with van der Waals surface area (Å²) in [7, 11) is 1.51. The number of hydrogen-bond acceptors (Lipinski definition) is 4. The van der Waals surface area contributed by atoms with Crippen LogP contribution in [-0.2, 0) is 4.74 Å². The van der Waals surface area contributed by atoms with Crippen LogP contribution in [0, 0.1) is 6.92 Å². The fourth-order valence-corrected chi connectivity index (χ4v) is 2.36. The highest BCUT2D eigenvalue weighted by molar-refractivity contribution is 9.10. The van der Waals surface area contributed by atoms with Crippen LogP contribution in [0.4, 0.5) is 0 Å². The van der Waals surface area contributed by atoms with E-state index >= 15 is 0 Å². The van der Waals surface area contributed by atoms with E-state index in [1.165, 1.54) is 7.11 Å². The van der Waals surface area contributed by atoms with Gasteiger partial charge in [-0.1, -0.05) is 15.9 Å². The summed E-state index contributed by atoms with van der Waals surface area (Å²) in [4.78, 5) is 12.2. The first kappa shape index (κ1) is 15.0. The third-order valence-electron chi connectivity index (χ3n) is 3.03. The molecule has 0 aliphatic carbocycles. The number of amides is 1. The van der Waals surface area contributed by atoms with Gasteiger partial charge in [-0.25, -0.2) is 0 Å². The molecule has 0 aliphatic rings. The molecule has 2 aromatic rings. The Morgan fingerprint density at radius 3 is 2.95 bits per heavy atom. The molecule has 5 nitrogen and oxygen atoms in total. The number of benzene rings is 1. The molecule has 0 radical (unpaired) electrons. The van der Waals surface area contributed by atoms with Crippen molar-refractivity contribution in [2.75, 3.05) is 20.3 Å². The molecule has 6 heteroatoms. The molecule has 20 heavy (non-hydrogen) atoms. The van der Waals surface area contributed by atoms with Crippen LogP contribution in [0.5, 0.6) is 0 Å². The predicted octanol–water partition coefficient (Wildman–Crippen LogP) is 2.24. The second kappa shape index (κ2) is 6.39. The Bertz CT molecular complexity index is 623. The summed E-state index contributed by atoms with van der Waals surface area (Å²) < 4.78 is 11.4. The zero-order valence-corrected chi connectivity index (χ0v) is 12.9. The van der Waals surface area contributed by atoms with Crippen molar-refractivity contribution in [3.05, 3.63) is 34.0 Å². The topological polar surface area (TPSA) is 71.7 Å². The molecule has 0 bridgehead atoms. The Labute approximate surface area is 125 Å². The molecular formula is C14H16BrNO4. The highest BCUT2D eigenvalue weighted by Gasteiger charge is 2.20. The van der Waals surface area contributed by atoms with E-state index in [0.717, 1.165) is 15.4 Å². The van der Waals surface area contributed by atoms with E-state index in [9.17, 15) is 4.79 Å². The Kier molecular flexibility index (Phi) is 4.80. The van der Waals surface area contributed by atoms with E-state index in [0.29, 0.717) is 5.58 Å². The number of halogens is 1. The number of furan rings is 1. The zero-order chi connectivity index (χ0) is 14.7. The zero-order valence-electron chi connectivity index (χ0n) is 11.3. The highest BCUT2D eigenvalue weighted by Crippen LogP contribution is 2.28. The van der Waals surface area contributed by atoms with Gasteiger partial charge in [0.05, 0.1) is 19.3 Å². The lowest BCUT2D eigenvalue weighted by Crippen LogP contribution is -2.40. The van der Waals surface area contributed by atoms with Crippen molar-refractivity contribution in [3.8, 4) is 0 Å². The fraction of sp³-hybridized carbons (Fsp3) is 0.357. The minimum absolute atomic E-state index is 0.190. The molecular weight excluding hydrogens is 326 g/mol. The summed E-state index contributed by atoms with van der Waals surface area (Å²) in [6.07, 6.45) is 0. The van der Waals surface area contributed by atoms with Gasteiger partial charge >= 0.3 is 0 Å². The van der Waals surface area contributed by atoms with Gasteiger partial charge in [0.1, 0.15) is 5.58 Å². The Hall–Kier alpha value is -1.37. The number of carbonyl (C=O) groups is 1. The van der Waals surface area contributed by atoms with E-state index < -0.39 is 6.04 Å². The molecule has 0 spiro atoms. The van der Waals surface area contributed by atoms with Crippen molar-refractivity contribution in [2.24, 2.45) is 0 Å². The van der Waals surface area contributed by atoms with Crippen LogP contribution in [0.1, 0.15) is 16.1 Å². The van der Waals surface area contributed by atoms with Crippen LogP contribution >= 0.6 is 15.9 Å². The Morgan fingerprint density at radius 1 is 1.55 bits per heavy atom. The number of methoxy groups -OCH3 is 1. The second-order valence-corrected chi connectivity index (χ2v) is 5.42. The minimum atomic E-state index is -0.452. The molecule has 108 valence electrons. The third-order valence-corrected chi connectivity index (χ3v) is 3.52. The van der Waals surface area contributed by atoms with Gasteiger partial charge < -0.3 is 19.6 Å². The standard InChI is InChI=1S/C14H16BrNO4/c1-8-11-5-9(15)3-4-12(11)20-13(8)14(18)16-10(6-17)7-19-2/h3-5,10,17H,6-7H2,1-2H3,(H,16,18). The predicted molar refractivity (Wildman–Crippen MR) is 78.9 cm³/mol. The minimum Gasteiger partial charge on any atom is -0.451 e. The summed E-state index contributed by atoms with van der Waals surface area (Å²) in [5.41, 5.74) is 1.43. The maximum atomic E-state index is 12.2. The Morgan fingerprint density at radius 2 is 2.30 bits per heavy atom. The van der Waals surface area contributed by atoms with Gasteiger partial charge in [0.2, 0.25) is 0 Å². The molecule has 1 aromatic carbocycles. The highest BCUT2D eigenvalue weighted by atomic mass is 79.9. The molecule has 1 heterocycles. The summed E-state index contributed by atoms with van der Waals surface area (Å²) in [5, 5.41) is 12.7. The van der Waals surface area contributed by atoms with Gasteiger partial charge in [-0.3, -0.25) is 4.79 Å². The fourth-order valence-electron chi connectivity index (χ4n) is 2.00. The van der Waals surface area contributed by atoms with Crippen LogP contribution in [0.2, 0.25) is 0 Å². The number of aliphatic hydroxyl groups is 1. The smallest absolute Gasteiger partial charge is 0.287 e. The normalized spacial score (nSPS) is 12.6. The quantitative estimate of drug-likeness (QED) is 0.874. The summed E-state index contributed by atoms with van der Waals surface area (Å²) in [5.74, 6) is -0.0985. The molecule has 2 N–H and O–H groups in total. The first-order valence-electron chi connectivity index (χ1n) is 6.16. The van der Waals surface area contributed by atoms with Crippen LogP contribution < -0.4 is 5.32 Å². The molecule has 1 aromatic heterocycles. The maximum absolute atomic E-state index is 12.2. The van der Waals surface area contributed by atoms with E-state index in [2.05, 4.69) is 21.2 Å². The van der Waals surface area contributed by atoms with Gasteiger partial charge in [-0.05, 0) is 25.1 Å². The number of aryl methyl sites for hydroxylation is 1. The summed E-state index contributed by atoms with van der Waals surface area (Å²) in [6, 6.07) is 5.12. The number of aliphatic hydroxyl groups excluding tert-OH is 1. The van der Waals surface area contributed by atoms with E-state index in [1.807, 2.05) is 25.1 Å². The van der Waals surface area contributed by atoms with Gasteiger partial charge in [0.15, 0.2) is 5.76 Å². The first-order chi connectivity index (χ1) is 9.56. The van der Waals surface area contributed by atoms with Crippen LogP contribution in [0.3, 0.4) is 0 Å². The molecule has 0 saturated carbocycles. The van der Waals surface area contributed by atoms with Crippen molar-refractivity contribution in [1.82, 2.24) is 5.32 Å². The van der Waals surface area contributed by atoms with Crippen molar-refractivity contribution in [1.29, 1.82) is 0 Å². The second-order valence-electron chi connectivity index (χ2n) is 4.50. The summed E-state index contributed by atoms with van der Waals surface area (Å²) >= 11 is 3.39. The lowest BCUT2D eigenvalue weighted by molar-refractivity contribution is 0.0815. The van der Waals surface area contributed by atoms with E-state index in [4.69, 9.17) is 14.3 Å². The van der Waals surface area contributed by atoms with E-state index in [1.54, 1.807) is 0 Å². The number of hydrogen-bond donors (Lipinski definition) is 2. The molecule has 0 aliphatic heterocycles. The van der Waals surface area contributed by atoms with Gasteiger partial charge in [0, 0.05) is 22.5 Å². The lowest BCUT2D eigenvalue weighted by atomic mass is 10.1. The molecule has 1 unspecified atom stereocenters. The van der Waals surface area contributed by atoms with Crippen molar-refractivity contribution in [3.63, 3.8) is 0 Å². The van der Waals surface area contributed by atoms with Gasteiger partial charge in [-0.15, -0.1) is 0 Å². The largest absolute Gasteiger partial charge is 0.451 e. The SMILES string of the molecule is COCC(CO)NC(=O)c1oc2ccc(Br)cc2c1C. The molecule has 1 amide bonds. The number of carbonyl (C=O) groups excluding carboxylic acids is 1. The van der Waals surface area contributed by atoms with Crippen LogP contribution in [0.15, 0.2) is 27.1 Å². The van der Waals surface area contributed by atoms with Crippen molar-refractivity contribution in [2.45, 2.75) is 13.0 Å². The average molecular weight is 342 g/mol. The van der Waals surface area contributed by atoms with Crippen molar-refractivity contribution >= 4 is 32.8 Å². The molecule has 0 saturated heterocycles. The number of ether oxygens (including phenoxy) is 1. The van der Waals surface area contributed by atoms with Gasteiger partial charge in [0.25, 0.3) is 5.91 Å². The maximum Gasteiger partial charge on any atom is 0.287 e. The number of fused-ring (bicyclic) bond motifs is 1. The lowest BCUT2D eigenvalue weighted by Gasteiger charge is -2.14. The first-order valence-corrected chi connectivity index (χ1v) is 6.95. The molecule has 2 rings (SSSR count). The van der Waals surface area contributed by atoms with Gasteiger partial charge in [-0.2, -0.15) is 0 Å².